The van der Waals surface area contributed by atoms with Crippen molar-refractivity contribution in [3.8, 4) is 0 Å². The summed E-state index contributed by atoms with van der Waals surface area (Å²) in [5.74, 6) is 2.41. The predicted octanol–water partition coefficient (Wildman–Crippen LogP) is 8.30. The van der Waals surface area contributed by atoms with Crippen molar-refractivity contribution in [2.75, 3.05) is 0 Å². The van der Waals surface area contributed by atoms with Crippen LogP contribution in [0.3, 0.4) is 0 Å². The van der Waals surface area contributed by atoms with Crippen molar-refractivity contribution in [2.45, 2.75) is 72.1 Å². The largest absolute Gasteiger partial charge is 0.0651 e. The molecule has 0 aliphatic heterocycles. The van der Waals surface area contributed by atoms with E-state index in [0.717, 1.165) is 17.8 Å². The Bertz CT molecular complexity index is 980. The third-order valence-electron chi connectivity index (χ3n) is 8.07. The minimum Gasteiger partial charge on any atom is -0.0651 e. The number of rotatable bonds is 6. The Morgan fingerprint density at radius 2 is 1.61 bits per heavy atom. The second kappa shape index (κ2) is 7.54. The SMILES string of the molecule is CCC(CC[C@H](C)C1(C)CCc2c1ccc1c2ccc2ccccc21)C(C)C. The monoisotopic (exact) mass is 372 g/mol. The number of hydrogen-bond donors (Lipinski definition) is 0. The highest BCUT2D eigenvalue weighted by Gasteiger charge is 2.39. The lowest BCUT2D eigenvalue weighted by atomic mass is 9.70. The molecule has 4 rings (SSSR count). The van der Waals surface area contributed by atoms with Gasteiger partial charge in [-0.1, -0.05) is 89.6 Å². The molecular weight excluding hydrogens is 336 g/mol. The lowest BCUT2D eigenvalue weighted by molar-refractivity contribution is 0.249. The maximum absolute atomic E-state index is 2.53. The fourth-order valence-corrected chi connectivity index (χ4v) is 5.78. The van der Waals surface area contributed by atoms with E-state index >= 15 is 0 Å². The summed E-state index contributed by atoms with van der Waals surface area (Å²) in [6.45, 7) is 12.2. The Hall–Kier alpha value is -1.82. The molecule has 0 radical (unpaired) electrons. The Labute approximate surface area is 171 Å². The summed E-state index contributed by atoms with van der Waals surface area (Å²) in [5, 5.41) is 5.66. The molecule has 3 atom stereocenters. The van der Waals surface area contributed by atoms with Crippen LogP contribution >= 0.6 is 0 Å². The van der Waals surface area contributed by atoms with E-state index in [0.29, 0.717) is 5.41 Å². The first kappa shape index (κ1) is 19.5. The molecule has 0 heterocycles. The second-order valence-corrected chi connectivity index (χ2v) is 9.78. The molecule has 0 saturated heterocycles. The van der Waals surface area contributed by atoms with Crippen molar-refractivity contribution in [2.24, 2.45) is 17.8 Å². The lowest BCUT2D eigenvalue weighted by Crippen LogP contribution is -2.28. The molecule has 3 aromatic rings. The van der Waals surface area contributed by atoms with E-state index in [-0.39, 0.29) is 0 Å². The zero-order valence-electron chi connectivity index (χ0n) is 18.4. The summed E-state index contributed by atoms with van der Waals surface area (Å²) in [4.78, 5) is 0. The molecule has 0 spiro atoms. The average Bonchev–Trinajstić information content (AvgIpc) is 3.06. The second-order valence-electron chi connectivity index (χ2n) is 9.78. The Balaban J connectivity index is 1.68. The first-order valence-corrected chi connectivity index (χ1v) is 11.4. The van der Waals surface area contributed by atoms with Gasteiger partial charge >= 0.3 is 0 Å². The molecule has 0 fully saturated rings. The molecule has 2 unspecified atom stereocenters. The van der Waals surface area contributed by atoms with Gasteiger partial charge in [-0.05, 0) is 81.5 Å². The summed E-state index contributed by atoms with van der Waals surface area (Å²) in [7, 11) is 0. The van der Waals surface area contributed by atoms with Gasteiger partial charge in [0.2, 0.25) is 0 Å². The maximum Gasteiger partial charge on any atom is -0.00435 e. The molecule has 0 heteroatoms. The average molecular weight is 373 g/mol. The Morgan fingerprint density at radius 1 is 0.857 bits per heavy atom. The number of hydrogen-bond acceptors (Lipinski definition) is 0. The van der Waals surface area contributed by atoms with Crippen LogP contribution in [0.25, 0.3) is 21.5 Å². The van der Waals surface area contributed by atoms with Gasteiger partial charge in [-0.25, -0.2) is 0 Å². The van der Waals surface area contributed by atoms with Crippen molar-refractivity contribution in [1.82, 2.24) is 0 Å². The van der Waals surface area contributed by atoms with Gasteiger partial charge in [0.05, 0.1) is 0 Å². The van der Waals surface area contributed by atoms with Gasteiger partial charge in [0, 0.05) is 0 Å². The van der Waals surface area contributed by atoms with E-state index < -0.39 is 0 Å². The topological polar surface area (TPSA) is 0 Å². The normalized spacial score (nSPS) is 21.4. The molecule has 3 aromatic carbocycles. The van der Waals surface area contributed by atoms with E-state index in [1.807, 2.05) is 0 Å². The number of fused-ring (bicyclic) bond motifs is 5. The zero-order chi connectivity index (χ0) is 19.9. The van der Waals surface area contributed by atoms with Crippen LogP contribution in [0, 0.1) is 17.8 Å². The highest BCUT2D eigenvalue weighted by Crippen LogP contribution is 2.48. The quantitative estimate of drug-likeness (QED) is 0.382. The summed E-state index contributed by atoms with van der Waals surface area (Å²) >= 11 is 0. The maximum atomic E-state index is 2.53. The van der Waals surface area contributed by atoms with Crippen LogP contribution in [0.15, 0.2) is 48.5 Å². The van der Waals surface area contributed by atoms with E-state index in [1.165, 1.54) is 53.6 Å². The smallest absolute Gasteiger partial charge is 0.00435 e. The van der Waals surface area contributed by atoms with Gasteiger partial charge in [0.1, 0.15) is 0 Å². The van der Waals surface area contributed by atoms with Crippen molar-refractivity contribution in [3.05, 3.63) is 59.7 Å². The van der Waals surface area contributed by atoms with Gasteiger partial charge in [-0.15, -0.1) is 0 Å². The standard InChI is InChI=1S/C28H36/c1-6-21(19(2)3)12-11-20(4)28(5)18-17-26-25-14-13-22-9-7-8-10-23(22)24(25)15-16-27(26)28/h7-10,13-16,19-21H,6,11-12,17-18H2,1-5H3/t20-,21?,28?/m0/s1. The van der Waals surface area contributed by atoms with E-state index in [9.17, 15) is 0 Å². The van der Waals surface area contributed by atoms with Crippen LogP contribution in [0.4, 0.5) is 0 Å². The molecular formula is C28H36. The van der Waals surface area contributed by atoms with Crippen LogP contribution in [0.1, 0.15) is 71.4 Å². The van der Waals surface area contributed by atoms with Crippen LogP contribution in [-0.2, 0) is 11.8 Å². The van der Waals surface area contributed by atoms with Gasteiger partial charge in [-0.3, -0.25) is 0 Å². The minimum atomic E-state index is 0.324. The van der Waals surface area contributed by atoms with Gasteiger partial charge in [0.25, 0.3) is 0 Å². The summed E-state index contributed by atoms with van der Waals surface area (Å²) in [6, 6.07) is 18.4. The predicted molar refractivity (Wildman–Crippen MR) is 124 cm³/mol. The zero-order valence-corrected chi connectivity index (χ0v) is 18.4. The van der Waals surface area contributed by atoms with Crippen LogP contribution in [0.5, 0.6) is 0 Å². The van der Waals surface area contributed by atoms with E-state index in [1.54, 1.807) is 11.1 Å². The molecule has 0 N–H and O–H groups in total. The fourth-order valence-electron chi connectivity index (χ4n) is 5.78. The third-order valence-corrected chi connectivity index (χ3v) is 8.07. The van der Waals surface area contributed by atoms with Gasteiger partial charge in [0.15, 0.2) is 0 Å². The Morgan fingerprint density at radius 3 is 2.36 bits per heavy atom. The minimum absolute atomic E-state index is 0.324. The molecule has 148 valence electrons. The number of benzene rings is 3. The van der Waals surface area contributed by atoms with Crippen molar-refractivity contribution in [1.29, 1.82) is 0 Å². The van der Waals surface area contributed by atoms with Crippen molar-refractivity contribution >= 4 is 21.5 Å². The first-order valence-electron chi connectivity index (χ1n) is 11.4. The van der Waals surface area contributed by atoms with Gasteiger partial charge < -0.3 is 0 Å². The molecule has 1 aliphatic rings. The van der Waals surface area contributed by atoms with Gasteiger partial charge in [-0.2, -0.15) is 0 Å². The lowest BCUT2D eigenvalue weighted by Gasteiger charge is -2.34. The van der Waals surface area contributed by atoms with Crippen molar-refractivity contribution in [3.63, 3.8) is 0 Å². The first-order chi connectivity index (χ1) is 13.5. The number of aryl methyl sites for hydroxylation is 1. The summed E-state index contributed by atoms with van der Waals surface area (Å²) < 4.78 is 0. The molecule has 0 saturated carbocycles. The summed E-state index contributed by atoms with van der Waals surface area (Å²) in [6.07, 6.45) is 6.57. The molecule has 0 amide bonds. The highest BCUT2D eigenvalue weighted by molar-refractivity contribution is 6.08. The van der Waals surface area contributed by atoms with Crippen molar-refractivity contribution < 1.29 is 0 Å². The molecule has 0 nitrogen and oxygen atoms in total. The van der Waals surface area contributed by atoms with E-state index in [2.05, 4.69) is 83.1 Å². The van der Waals surface area contributed by atoms with E-state index in [4.69, 9.17) is 0 Å². The molecule has 0 bridgehead atoms. The molecule has 0 aromatic heterocycles. The third kappa shape index (κ3) is 3.15. The summed E-state index contributed by atoms with van der Waals surface area (Å²) in [5.41, 5.74) is 3.57. The van der Waals surface area contributed by atoms with Crippen LogP contribution in [-0.4, -0.2) is 0 Å². The van der Waals surface area contributed by atoms with Crippen LogP contribution in [0.2, 0.25) is 0 Å². The highest BCUT2D eigenvalue weighted by atomic mass is 14.4. The van der Waals surface area contributed by atoms with Crippen LogP contribution < -0.4 is 0 Å². The molecule has 28 heavy (non-hydrogen) atoms. The fraction of sp³-hybridized carbons (Fsp3) is 0.500. The Kier molecular flexibility index (Phi) is 5.25. The molecule has 1 aliphatic carbocycles.